The van der Waals surface area contributed by atoms with Gasteiger partial charge in [-0.2, -0.15) is 0 Å². The lowest BCUT2D eigenvalue weighted by Gasteiger charge is -2.29. The summed E-state index contributed by atoms with van der Waals surface area (Å²) in [6.07, 6.45) is 0. The first-order valence-electron chi connectivity index (χ1n) is 18.0. The average Bonchev–Trinajstić information content (AvgIpc) is 3.79. The summed E-state index contributed by atoms with van der Waals surface area (Å²) in [5, 5.41) is 9.20. The van der Waals surface area contributed by atoms with Crippen molar-refractivity contribution < 1.29 is 8.83 Å². The van der Waals surface area contributed by atoms with Crippen molar-refractivity contribution in [2.24, 2.45) is 0 Å². The van der Waals surface area contributed by atoms with Gasteiger partial charge in [0.2, 0.25) is 0 Å². The van der Waals surface area contributed by atoms with Gasteiger partial charge in [-0.05, 0) is 88.1 Å². The monoisotopic (exact) mass is 677 g/mol. The summed E-state index contributed by atoms with van der Waals surface area (Å²) < 4.78 is 12.6. The van der Waals surface area contributed by atoms with Gasteiger partial charge in [-0.1, -0.05) is 127 Å². The maximum atomic E-state index is 6.49. The average molecular weight is 678 g/mol. The van der Waals surface area contributed by atoms with Crippen molar-refractivity contribution in [3.8, 4) is 22.3 Å². The topological polar surface area (TPSA) is 29.5 Å². The molecule has 53 heavy (non-hydrogen) atoms. The highest BCUT2D eigenvalue weighted by molar-refractivity contribution is 6.16. The van der Waals surface area contributed by atoms with Gasteiger partial charge in [0, 0.05) is 43.6 Å². The number of hydrogen-bond donors (Lipinski definition) is 0. The third-order valence-electron chi connectivity index (χ3n) is 10.7. The Hall–Kier alpha value is -7.10. The first-order chi connectivity index (χ1) is 26.3. The van der Waals surface area contributed by atoms with E-state index in [4.69, 9.17) is 8.83 Å². The van der Waals surface area contributed by atoms with Crippen LogP contribution in [0, 0.1) is 0 Å². The molecule has 2 heterocycles. The lowest BCUT2D eigenvalue weighted by atomic mass is 9.98. The fourth-order valence-corrected chi connectivity index (χ4v) is 8.10. The summed E-state index contributed by atoms with van der Waals surface area (Å²) >= 11 is 0. The van der Waals surface area contributed by atoms with Crippen LogP contribution in [-0.2, 0) is 0 Å². The van der Waals surface area contributed by atoms with Crippen molar-refractivity contribution in [2.45, 2.75) is 0 Å². The summed E-state index contributed by atoms with van der Waals surface area (Å²) in [7, 11) is 0. The fraction of sp³-hybridized carbons (Fsp3) is 0. The minimum atomic E-state index is 0.890. The van der Waals surface area contributed by atoms with E-state index in [0.29, 0.717) is 0 Å². The maximum Gasteiger partial charge on any atom is 0.143 e. The Morgan fingerprint density at radius 3 is 1.77 bits per heavy atom. The van der Waals surface area contributed by atoms with Crippen LogP contribution in [-0.4, -0.2) is 0 Å². The normalized spacial score (nSPS) is 11.8. The Balaban J connectivity index is 1.07. The van der Waals surface area contributed by atoms with Gasteiger partial charge in [0.25, 0.3) is 0 Å². The minimum Gasteiger partial charge on any atom is -0.456 e. The predicted molar refractivity (Wildman–Crippen MR) is 222 cm³/mol. The number of hydrogen-bond acceptors (Lipinski definition) is 3. The molecule has 9 aromatic carbocycles. The van der Waals surface area contributed by atoms with Crippen LogP contribution in [0.25, 0.3) is 87.7 Å². The molecule has 0 aliphatic rings. The number of para-hydroxylation sites is 2. The molecule has 248 valence electrons. The summed E-state index contributed by atoms with van der Waals surface area (Å²) in [5.74, 6) is 0. The lowest BCUT2D eigenvalue weighted by Crippen LogP contribution is -2.11. The molecule has 0 unspecified atom stereocenters. The number of rotatable bonds is 5. The van der Waals surface area contributed by atoms with Crippen LogP contribution in [0.5, 0.6) is 0 Å². The number of nitrogens with zero attached hydrogens (tertiary/aromatic N) is 1. The van der Waals surface area contributed by atoms with E-state index in [9.17, 15) is 0 Å². The third kappa shape index (κ3) is 4.75. The second-order valence-electron chi connectivity index (χ2n) is 13.7. The van der Waals surface area contributed by atoms with Gasteiger partial charge in [0.05, 0.1) is 11.4 Å². The third-order valence-corrected chi connectivity index (χ3v) is 10.7. The van der Waals surface area contributed by atoms with E-state index >= 15 is 0 Å². The molecule has 11 aromatic rings. The van der Waals surface area contributed by atoms with Gasteiger partial charge in [0.15, 0.2) is 0 Å². The van der Waals surface area contributed by atoms with Gasteiger partial charge in [-0.3, -0.25) is 0 Å². The number of benzene rings is 9. The molecule has 3 nitrogen and oxygen atoms in total. The van der Waals surface area contributed by atoms with Gasteiger partial charge in [-0.15, -0.1) is 0 Å². The largest absolute Gasteiger partial charge is 0.456 e. The summed E-state index contributed by atoms with van der Waals surface area (Å²) in [6.45, 7) is 0. The van der Waals surface area contributed by atoms with Gasteiger partial charge >= 0.3 is 0 Å². The molecule has 0 spiro atoms. The van der Waals surface area contributed by atoms with Gasteiger partial charge in [-0.25, -0.2) is 0 Å². The quantitative estimate of drug-likeness (QED) is 0.182. The van der Waals surface area contributed by atoms with Crippen molar-refractivity contribution in [1.29, 1.82) is 0 Å². The van der Waals surface area contributed by atoms with E-state index in [2.05, 4.69) is 181 Å². The Morgan fingerprint density at radius 1 is 0.321 bits per heavy atom. The van der Waals surface area contributed by atoms with Crippen molar-refractivity contribution in [3.05, 3.63) is 188 Å². The zero-order chi connectivity index (χ0) is 34.9. The summed E-state index contributed by atoms with van der Waals surface area (Å²) in [5.41, 5.74) is 11.5. The van der Waals surface area contributed by atoms with E-state index < -0.39 is 0 Å². The SMILES string of the molecule is c1ccc(N(c2ccc(-c3ccc4oc5ccccc5c4c3)cc2)c2cccc3ccccc23)c(-c2ccc3oc4c5ccccc5ccc4c3c2)c1. The zero-order valence-corrected chi connectivity index (χ0v) is 28.7. The molecule has 11 rings (SSSR count). The standard InChI is InChI=1S/C50H31NO2/c1-3-13-38-33(10-1)12-9-18-46(38)51(37-25-20-32(21-26-37)35-23-28-48-43(30-35)41-16-6-8-19-47(41)52-48)45-17-7-5-14-39(45)36-24-29-49-44(31-36)42-27-22-34-11-2-4-15-40(34)50(42)53-49/h1-31H. The van der Waals surface area contributed by atoms with E-state index in [1.54, 1.807) is 0 Å². The van der Waals surface area contributed by atoms with E-state index in [1.165, 1.54) is 16.2 Å². The second-order valence-corrected chi connectivity index (χ2v) is 13.7. The molecular formula is C50H31NO2. The molecule has 0 atom stereocenters. The molecule has 0 fully saturated rings. The molecule has 0 saturated heterocycles. The first kappa shape index (κ1) is 29.6. The van der Waals surface area contributed by atoms with Gasteiger partial charge in [0.1, 0.15) is 22.3 Å². The second kappa shape index (κ2) is 11.7. The van der Waals surface area contributed by atoms with Crippen LogP contribution < -0.4 is 4.90 Å². The molecular weight excluding hydrogens is 647 g/mol. The molecule has 0 radical (unpaired) electrons. The van der Waals surface area contributed by atoms with E-state index in [-0.39, 0.29) is 0 Å². The van der Waals surface area contributed by atoms with Crippen molar-refractivity contribution in [1.82, 2.24) is 0 Å². The Labute approximate surface area is 305 Å². The smallest absolute Gasteiger partial charge is 0.143 e. The number of furan rings is 2. The van der Waals surface area contributed by atoms with Crippen molar-refractivity contribution >= 4 is 82.5 Å². The van der Waals surface area contributed by atoms with Crippen molar-refractivity contribution in [2.75, 3.05) is 4.90 Å². The molecule has 0 saturated carbocycles. The zero-order valence-electron chi connectivity index (χ0n) is 28.7. The highest BCUT2D eigenvalue weighted by Gasteiger charge is 2.20. The van der Waals surface area contributed by atoms with E-state index in [1.807, 2.05) is 12.1 Å². The van der Waals surface area contributed by atoms with Crippen molar-refractivity contribution in [3.63, 3.8) is 0 Å². The lowest BCUT2D eigenvalue weighted by molar-refractivity contribution is 0.669. The fourth-order valence-electron chi connectivity index (χ4n) is 8.10. The van der Waals surface area contributed by atoms with Crippen LogP contribution in [0.3, 0.4) is 0 Å². The maximum absolute atomic E-state index is 6.49. The highest BCUT2D eigenvalue weighted by atomic mass is 16.3. The highest BCUT2D eigenvalue weighted by Crippen LogP contribution is 2.45. The summed E-state index contributed by atoms with van der Waals surface area (Å²) in [4.78, 5) is 2.40. The van der Waals surface area contributed by atoms with Crippen LogP contribution in [0.2, 0.25) is 0 Å². The van der Waals surface area contributed by atoms with Crippen LogP contribution in [0.4, 0.5) is 17.1 Å². The minimum absolute atomic E-state index is 0.890. The van der Waals surface area contributed by atoms with E-state index in [0.717, 1.165) is 88.6 Å². The Kier molecular flexibility index (Phi) is 6.55. The van der Waals surface area contributed by atoms with Gasteiger partial charge < -0.3 is 13.7 Å². The predicted octanol–water partition coefficient (Wildman–Crippen LogP) is 14.6. The number of fused-ring (bicyclic) bond motifs is 9. The summed E-state index contributed by atoms with van der Waals surface area (Å²) in [6, 6.07) is 67.0. The Bertz CT molecular complexity index is 3180. The van der Waals surface area contributed by atoms with Crippen LogP contribution >= 0.6 is 0 Å². The van der Waals surface area contributed by atoms with Crippen LogP contribution in [0.15, 0.2) is 197 Å². The molecule has 3 heteroatoms. The van der Waals surface area contributed by atoms with Crippen LogP contribution in [0.1, 0.15) is 0 Å². The molecule has 0 amide bonds. The molecule has 0 aliphatic heterocycles. The number of anilines is 3. The molecule has 0 aliphatic carbocycles. The molecule has 0 N–H and O–H groups in total. The Morgan fingerprint density at radius 2 is 0.906 bits per heavy atom. The molecule has 2 aromatic heterocycles. The first-order valence-corrected chi connectivity index (χ1v) is 18.0. The molecule has 0 bridgehead atoms.